The van der Waals surface area contributed by atoms with E-state index in [1.807, 2.05) is 0 Å². The molecule has 76 valence electrons. The van der Waals surface area contributed by atoms with Crippen molar-refractivity contribution in [1.82, 2.24) is 5.32 Å². The van der Waals surface area contributed by atoms with Gasteiger partial charge >= 0.3 is 0 Å². The van der Waals surface area contributed by atoms with Crippen molar-refractivity contribution in [2.24, 2.45) is 5.92 Å². The summed E-state index contributed by atoms with van der Waals surface area (Å²) in [5, 5.41) is 3.34. The molecule has 0 unspecified atom stereocenters. The minimum Gasteiger partial charge on any atom is -0.493 e. The summed E-state index contributed by atoms with van der Waals surface area (Å²) in [7, 11) is 0. The molecule has 0 bridgehead atoms. The fourth-order valence-electron chi connectivity index (χ4n) is 1.69. The van der Waals surface area contributed by atoms with Crippen LogP contribution in [-0.2, 0) is 13.1 Å². The first-order valence-corrected chi connectivity index (χ1v) is 5.21. The van der Waals surface area contributed by atoms with Crippen LogP contribution in [0.1, 0.15) is 25.0 Å². The van der Waals surface area contributed by atoms with Gasteiger partial charge in [0.25, 0.3) is 0 Å². The Morgan fingerprint density at radius 3 is 3.00 bits per heavy atom. The first-order chi connectivity index (χ1) is 6.77. The van der Waals surface area contributed by atoms with Crippen molar-refractivity contribution in [3.8, 4) is 5.75 Å². The lowest BCUT2D eigenvalue weighted by molar-refractivity contribution is 0.268. The normalized spacial score (nSPS) is 14.5. The van der Waals surface area contributed by atoms with Gasteiger partial charge in [-0.2, -0.15) is 0 Å². The smallest absolute Gasteiger partial charge is 0.124 e. The maximum atomic E-state index is 5.77. The zero-order valence-electron chi connectivity index (χ0n) is 8.84. The van der Waals surface area contributed by atoms with E-state index in [0.717, 1.165) is 25.4 Å². The second-order valence-electron chi connectivity index (χ2n) is 4.20. The molecule has 1 heterocycles. The fourth-order valence-corrected chi connectivity index (χ4v) is 1.69. The predicted molar refractivity (Wildman–Crippen MR) is 57.3 cm³/mol. The minimum atomic E-state index is 0.584. The number of rotatable bonds is 3. The zero-order chi connectivity index (χ0) is 9.97. The van der Waals surface area contributed by atoms with Crippen molar-refractivity contribution in [2.45, 2.75) is 26.9 Å². The van der Waals surface area contributed by atoms with Crippen LogP contribution in [0.4, 0.5) is 0 Å². The number of ether oxygens (including phenoxy) is 1. The van der Waals surface area contributed by atoms with Crippen molar-refractivity contribution in [2.75, 3.05) is 6.61 Å². The quantitative estimate of drug-likeness (QED) is 0.791. The number of hydrogen-bond donors (Lipinski definition) is 1. The van der Waals surface area contributed by atoms with E-state index in [9.17, 15) is 0 Å². The summed E-state index contributed by atoms with van der Waals surface area (Å²) in [4.78, 5) is 0. The van der Waals surface area contributed by atoms with Crippen LogP contribution in [0.2, 0.25) is 0 Å². The molecule has 1 N–H and O–H groups in total. The highest BCUT2D eigenvalue weighted by atomic mass is 16.5. The lowest BCUT2D eigenvalue weighted by Crippen LogP contribution is -2.06. The average molecular weight is 191 g/mol. The SMILES string of the molecule is CC(C)COc1cccc2c1CNC2. The molecular weight excluding hydrogens is 174 g/mol. The van der Waals surface area contributed by atoms with Gasteiger partial charge in [0.2, 0.25) is 0 Å². The summed E-state index contributed by atoms with van der Waals surface area (Å²) < 4.78 is 5.77. The van der Waals surface area contributed by atoms with Gasteiger partial charge in [-0.1, -0.05) is 26.0 Å². The Morgan fingerprint density at radius 1 is 1.36 bits per heavy atom. The lowest BCUT2D eigenvalue weighted by atomic mass is 10.1. The van der Waals surface area contributed by atoms with Crippen LogP contribution >= 0.6 is 0 Å². The van der Waals surface area contributed by atoms with E-state index in [1.54, 1.807) is 0 Å². The van der Waals surface area contributed by atoms with E-state index in [4.69, 9.17) is 4.74 Å². The minimum absolute atomic E-state index is 0.584. The van der Waals surface area contributed by atoms with Gasteiger partial charge in [-0.3, -0.25) is 0 Å². The summed E-state index contributed by atoms with van der Waals surface area (Å²) >= 11 is 0. The van der Waals surface area contributed by atoms with E-state index in [1.165, 1.54) is 11.1 Å². The Kier molecular flexibility index (Phi) is 2.73. The Morgan fingerprint density at radius 2 is 2.21 bits per heavy atom. The molecule has 1 aliphatic heterocycles. The summed E-state index contributed by atoms with van der Waals surface area (Å²) in [6.45, 7) is 7.07. The molecule has 0 radical (unpaired) electrons. The lowest BCUT2D eigenvalue weighted by Gasteiger charge is -2.11. The maximum absolute atomic E-state index is 5.77. The van der Waals surface area contributed by atoms with Crippen molar-refractivity contribution < 1.29 is 4.74 Å². The molecule has 1 aromatic carbocycles. The van der Waals surface area contributed by atoms with Gasteiger partial charge in [0.15, 0.2) is 0 Å². The zero-order valence-corrected chi connectivity index (χ0v) is 8.84. The molecule has 0 aliphatic carbocycles. The summed E-state index contributed by atoms with van der Waals surface area (Å²) in [5.41, 5.74) is 2.72. The number of hydrogen-bond acceptors (Lipinski definition) is 2. The molecule has 0 atom stereocenters. The van der Waals surface area contributed by atoms with E-state index < -0.39 is 0 Å². The molecule has 0 saturated carbocycles. The summed E-state index contributed by atoms with van der Waals surface area (Å²) in [6, 6.07) is 6.30. The molecule has 2 heteroatoms. The Hall–Kier alpha value is -1.02. The molecule has 0 spiro atoms. The summed E-state index contributed by atoms with van der Waals surface area (Å²) in [6.07, 6.45) is 0. The topological polar surface area (TPSA) is 21.3 Å². The van der Waals surface area contributed by atoms with E-state index in [2.05, 4.69) is 37.4 Å². The third-order valence-electron chi connectivity index (χ3n) is 2.42. The number of nitrogens with one attached hydrogen (secondary N) is 1. The van der Waals surface area contributed by atoms with Crippen LogP contribution in [0.15, 0.2) is 18.2 Å². The second kappa shape index (κ2) is 4.01. The van der Waals surface area contributed by atoms with Crippen molar-refractivity contribution in [1.29, 1.82) is 0 Å². The van der Waals surface area contributed by atoms with E-state index in [-0.39, 0.29) is 0 Å². The van der Waals surface area contributed by atoms with Crippen LogP contribution in [-0.4, -0.2) is 6.61 Å². The molecule has 0 aromatic heterocycles. The third-order valence-corrected chi connectivity index (χ3v) is 2.42. The first kappa shape index (κ1) is 9.53. The van der Waals surface area contributed by atoms with E-state index >= 15 is 0 Å². The van der Waals surface area contributed by atoms with Crippen LogP contribution in [0.25, 0.3) is 0 Å². The van der Waals surface area contributed by atoms with Gasteiger partial charge in [-0.05, 0) is 17.5 Å². The van der Waals surface area contributed by atoms with Gasteiger partial charge in [0.05, 0.1) is 6.61 Å². The highest BCUT2D eigenvalue weighted by Gasteiger charge is 2.14. The highest BCUT2D eigenvalue weighted by Crippen LogP contribution is 2.26. The van der Waals surface area contributed by atoms with Crippen LogP contribution in [0, 0.1) is 5.92 Å². The Bertz CT molecular complexity index is 320. The van der Waals surface area contributed by atoms with Crippen molar-refractivity contribution in [3.05, 3.63) is 29.3 Å². The molecule has 0 fully saturated rings. The van der Waals surface area contributed by atoms with Gasteiger partial charge in [0, 0.05) is 18.7 Å². The third kappa shape index (κ3) is 1.90. The van der Waals surface area contributed by atoms with Crippen LogP contribution in [0.5, 0.6) is 5.75 Å². The molecule has 1 aliphatic rings. The second-order valence-corrected chi connectivity index (χ2v) is 4.20. The van der Waals surface area contributed by atoms with Crippen molar-refractivity contribution in [3.63, 3.8) is 0 Å². The van der Waals surface area contributed by atoms with Gasteiger partial charge in [-0.15, -0.1) is 0 Å². The molecule has 1 aromatic rings. The summed E-state index contributed by atoms with van der Waals surface area (Å²) in [5.74, 6) is 1.64. The largest absolute Gasteiger partial charge is 0.493 e. The molecule has 2 rings (SSSR count). The molecule has 2 nitrogen and oxygen atoms in total. The molecule has 0 amide bonds. The Balaban J connectivity index is 2.14. The first-order valence-electron chi connectivity index (χ1n) is 5.21. The highest BCUT2D eigenvalue weighted by molar-refractivity contribution is 5.42. The molecular formula is C12H17NO. The standard InChI is InChI=1S/C12H17NO/c1-9(2)8-14-12-5-3-4-10-6-13-7-11(10)12/h3-5,9,13H,6-8H2,1-2H3. The van der Waals surface area contributed by atoms with Gasteiger partial charge in [-0.25, -0.2) is 0 Å². The molecule has 0 saturated heterocycles. The van der Waals surface area contributed by atoms with E-state index in [0.29, 0.717) is 5.92 Å². The van der Waals surface area contributed by atoms with Crippen LogP contribution < -0.4 is 10.1 Å². The number of benzene rings is 1. The monoisotopic (exact) mass is 191 g/mol. The average Bonchev–Trinajstić information content (AvgIpc) is 2.62. The predicted octanol–water partition coefficient (Wildman–Crippen LogP) is 2.32. The Labute approximate surface area is 85.3 Å². The molecule has 14 heavy (non-hydrogen) atoms. The maximum Gasteiger partial charge on any atom is 0.124 e. The van der Waals surface area contributed by atoms with Gasteiger partial charge in [0.1, 0.15) is 5.75 Å². The van der Waals surface area contributed by atoms with Crippen LogP contribution in [0.3, 0.4) is 0 Å². The van der Waals surface area contributed by atoms with Crippen molar-refractivity contribution >= 4 is 0 Å². The fraction of sp³-hybridized carbons (Fsp3) is 0.500. The number of fused-ring (bicyclic) bond motifs is 1. The van der Waals surface area contributed by atoms with Gasteiger partial charge < -0.3 is 10.1 Å².